The van der Waals surface area contributed by atoms with E-state index in [0.717, 1.165) is 40.0 Å². The first-order valence-corrected chi connectivity index (χ1v) is 7.41. The van der Waals surface area contributed by atoms with Crippen LogP contribution in [-0.2, 0) is 13.2 Å². The molecule has 0 saturated heterocycles. The van der Waals surface area contributed by atoms with Crippen LogP contribution < -0.4 is 10.5 Å². The minimum Gasteiger partial charge on any atom is -0.483 e. The fourth-order valence-corrected chi connectivity index (χ4v) is 2.75. The van der Waals surface area contributed by atoms with Crippen LogP contribution in [0.4, 0.5) is 0 Å². The van der Waals surface area contributed by atoms with Crippen LogP contribution in [0.1, 0.15) is 41.6 Å². The van der Waals surface area contributed by atoms with E-state index in [9.17, 15) is 0 Å². The molecule has 1 saturated carbocycles. The molecule has 0 atom stereocenters. The molecule has 2 aromatic rings. The van der Waals surface area contributed by atoms with Crippen molar-refractivity contribution >= 4 is 15.9 Å². The standard InChI is InChI=1S/C14H16BrN3O2/c1-8-4-11(15)5-10(6-16)13(8)19-7-12-17-14(18-20-12)9-2-3-9/h4-5,9H,2-3,6-7,16H2,1H3. The number of aryl methyl sites for hydroxylation is 1. The van der Waals surface area contributed by atoms with Crippen LogP contribution in [0.25, 0.3) is 0 Å². The number of rotatable bonds is 5. The number of nitrogens with zero attached hydrogens (tertiary/aromatic N) is 2. The highest BCUT2D eigenvalue weighted by Gasteiger charge is 2.28. The minimum absolute atomic E-state index is 0.273. The second kappa shape index (κ2) is 5.54. The van der Waals surface area contributed by atoms with E-state index < -0.39 is 0 Å². The lowest BCUT2D eigenvalue weighted by molar-refractivity contribution is 0.239. The number of hydrogen-bond acceptors (Lipinski definition) is 5. The van der Waals surface area contributed by atoms with Gasteiger partial charge in [-0.3, -0.25) is 0 Å². The van der Waals surface area contributed by atoms with Gasteiger partial charge in [0.25, 0.3) is 5.89 Å². The molecule has 1 aliphatic carbocycles. The molecule has 0 aliphatic heterocycles. The number of aromatic nitrogens is 2. The Bertz CT molecular complexity index is 623. The summed E-state index contributed by atoms with van der Waals surface area (Å²) in [5.74, 6) is 2.59. The Morgan fingerprint density at radius 1 is 1.45 bits per heavy atom. The Morgan fingerprint density at radius 3 is 2.95 bits per heavy atom. The summed E-state index contributed by atoms with van der Waals surface area (Å²) in [5, 5.41) is 3.97. The number of ether oxygens (including phenoxy) is 1. The average Bonchev–Trinajstić information content (AvgIpc) is 3.16. The predicted molar refractivity (Wildman–Crippen MR) is 77.4 cm³/mol. The van der Waals surface area contributed by atoms with Gasteiger partial charge >= 0.3 is 0 Å². The topological polar surface area (TPSA) is 74.2 Å². The maximum absolute atomic E-state index is 5.82. The highest BCUT2D eigenvalue weighted by molar-refractivity contribution is 9.10. The van der Waals surface area contributed by atoms with Crippen LogP contribution in [0, 0.1) is 6.92 Å². The van der Waals surface area contributed by atoms with E-state index >= 15 is 0 Å². The first kappa shape index (κ1) is 13.6. The molecule has 0 bridgehead atoms. The second-order valence-corrected chi connectivity index (χ2v) is 5.94. The third kappa shape index (κ3) is 2.86. The van der Waals surface area contributed by atoms with Gasteiger partial charge in [-0.25, -0.2) is 0 Å². The van der Waals surface area contributed by atoms with Crippen molar-refractivity contribution in [3.63, 3.8) is 0 Å². The van der Waals surface area contributed by atoms with Gasteiger partial charge < -0.3 is 15.0 Å². The van der Waals surface area contributed by atoms with Gasteiger partial charge in [-0.1, -0.05) is 21.1 Å². The van der Waals surface area contributed by atoms with Crippen molar-refractivity contribution in [2.45, 2.75) is 38.8 Å². The molecule has 1 aromatic heterocycles. The van der Waals surface area contributed by atoms with Gasteiger partial charge in [0.05, 0.1) is 0 Å². The first-order valence-electron chi connectivity index (χ1n) is 6.61. The van der Waals surface area contributed by atoms with E-state index in [2.05, 4.69) is 26.1 Å². The maximum atomic E-state index is 5.82. The highest BCUT2D eigenvalue weighted by atomic mass is 79.9. The Hall–Kier alpha value is -1.40. The van der Waals surface area contributed by atoms with Crippen molar-refractivity contribution in [2.75, 3.05) is 0 Å². The molecule has 2 N–H and O–H groups in total. The van der Waals surface area contributed by atoms with E-state index in [0.29, 0.717) is 18.4 Å². The predicted octanol–water partition coefficient (Wildman–Crippen LogP) is 3.06. The molecule has 6 heteroatoms. The fourth-order valence-electron chi connectivity index (χ4n) is 2.13. The van der Waals surface area contributed by atoms with Crippen LogP contribution in [0.5, 0.6) is 5.75 Å². The molecule has 1 fully saturated rings. The summed E-state index contributed by atoms with van der Waals surface area (Å²) in [5.41, 5.74) is 7.74. The molecule has 3 rings (SSSR count). The molecule has 0 spiro atoms. The number of hydrogen-bond donors (Lipinski definition) is 1. The lowest BCUT2D eigenvalue weighted by Gasteiger charge is -2.12. The number of nitrogens with two attached hydrogens (primary N) is 1. The van der Waals surface area contributed by atoms with Gasteiger partial charge in [0.1, 0.15) is 5.75 Å². The van der Waals surface area contributed by atoms with E-state index in [1.807, 2.05) is 19.1 Å². The van der Waals surface area contributed by atoms with Crippen molar-refractivity contribution in [1.82, 2.24) is 10.1 Å². The van der Waals surface area contributed by atoms with Crippen LogP contribution in [0.2, 0.25) is 0 Å². The van der Waals surface area contributed by atoms with Gasteiger partial charge in [0.15, 0.2) is 12.4 Å². The molecule has 20 heavy (non-hydrogen) atoms. The minimum atomic E-state index is 0.273. The molecule has 5 nitrogen and oxygen atoms in total. The van der Waals surface area contributed by atoms with Crippen molar-refractivity contribution < 1.29 is 9.26 Å². The Kier molecular flexibility index (Phi) is 3.76. The second-order valence-electron chi connectivity index (χ2n) is 5.02. The fraction of sp³-hybridized carbons (Fsp3) is 0.429. The number of halogens is 1. The van der Waals surface area contributed by atoms with E-state index in [1.54, 1.807) is 0 Å². The van der Waals surface area contributed by atoms with Gasteiger partial charge in [0, 0.05) is 22.5 Å². The lowest BCUT2D eigenvalue weighted by Crippen LogP contribution is -2.05. The molecule has 1 aromatic carbocycles. The molecular weight excluding hydrogens is 322 g/mol. The Labute approximate surface area is 125 Å². The maximum Gasteiger partial charge on any atom is 0.264 e. The van der Waals surface area contributed by atoms with Gasteiger partial charge in [-0.05, 0) is 37.5 Å². The van der Waals surface area contributed by atoms with Gasteiger partial charge in [0.2, 0.25) is 0 Å². The SMILES string of the molecule is Cc1cc(Br)cc(CN)c1OCc1nc(C2CC2)no1. The molecule has 0 radical (unpaired) electrons. The summed E-state index contributed by atoms with van der Waals surface area (Å²) in [6.07, 6.45) is 2.31. The van der Waals surface area contributed by atoms with Crippen LogP contribution in [0.15, 0.2) is 21.1 Å². The Morgan fingerprint density at radius 2 is 2.25 bits per heavy atom. The van der Waals surface area contributed by atoms with Crippen LogP contribution >= 0.6 is 15.9 Å². The van der Waals surface area contributed by atoms with E-state index in [1.165, 1.54) is 0 Å². The van der Waals surface area contributed by atoms with E-state index in [4.69, 9.17) is 15.0 Å². The average molecular weight is 338 g/mol. The molecule has 106 valence electrons. The third-order valence-electron chi connectivity index (χ3n) is 3.30. The zero-order valence-electron chi connectivity index (χ0n) is 11.2. The zero-order chi connectivity index (χ0) is 14.1. The summed E-state index contributed by atoms with van der Waals surface area (Å²) in [4.78, 5) is 4.35. The van der Waals surface area contributed by atoms with Crippen molar-refractivity contribution in [1.29, 1.82) is 0 Å². The lowest BCUT2D eigenvalue weighted by atomic mass is 10.1. The summed E-state index contributed by atoms with van der Waals surface area (Å²) >= 11 is 3.46. The molecule has 0 unspecified atom stereocenters. The monoisotopic (exact) mass is 337 g/mol. The third-order valence-corrected chi connectivity index (χ3v) is 3.76. The molecule has 0 amide bonds. The van der Waals surface area contributed by atoms with E-state index in [-0.39, 0.29) is 6.61 Å². The summed E-state index contributed by atoms with van der Waals surface area (Å²) in [6.45, 7) is 2.69. The first-order chi connectivity index (χ1) is 9.67. The molecular formula is C14H16BrN3O2. The highest BCUT2D eigenvalue weighted by Crippen LogP contribution is 2.38. The number of benzene rings is 1. The Balaban J connectivity index is 1.73. The summed E-state index contributed by atoms with van der Waals surface area (Å²) in [6, 6.07) is 3.96. The quantitative estimate of drug-likeness (QED) is 0.907. The van der Waals surface area contributed by atoms with Crippen molar-refractivity contribution in [3.05, 3.63) is 39.4 Å². The van der Waals surface area contributed by atoms with Crippen LogP contribution in [0.3, 0.4) is 0 Å². The normalized spacial score (nSPS) is 14.6. The largest absolute Gasteiger partial charge is 0.483 e. The van der Waals surface area contributed by atoms with Gasteiger partial charge in [-0.15, -0.1) is 0 Å². The van der Waals surface area contributed by atoms with Gasteiger partial charge in [-0.2, -0.15) is 4.98 Å². The zero-order valence-corrected chi connectivity index (χ0v) is 12.8. The molecule has 1 aliphatic rings. The van der Waals surface area contributed by atoms with Crippen molar-refractivity contribution in [2.24, 2.45) is 5.73 Å². The van der Waals surface area contributed by atoms with Crippen LogP contribution in [-0.4, -0.2) is 10.1 Å². The van der Waals surface area contributed by atoms with Crippen molar-refractivity contribution in [3.8, 4) is 5.75 Å². The summed E-state index contributed by atoms with van der Waals surface area (Å²) < 4.78 is 12.0. The smallest absolute Gasteiger partial charge is 0.264 e. The molecule has 1 heterocycles. The summed E-state index contributed by atoms with van der Waals surface area (Å²) in [7, 11) is 0.